The lowest BCUT2D eigenvalue weighted by molar-refractivity contribution is -0.144. The molecular weight excluding hydrogens is 448 g/mol. The molecule has 0 bridgehead atoms. The van der Waals surface area contributed by atoms with Crippen molar-refractivity contribution in [3.05, 3.63) is 82.9 Å². The molecule has 0 saturated carbocycles. The van der Waals surface area contributed by atoms with Crippen LogP contribution < -0.4 is 0 Å². The number of halogens is 2. The van der Waals surface area contributed by atoms with Gasteiger partial charge in [0.05, 0.1) is 13.0 Å². The van der Waals surface area contributed by atoms with Crippen molar-refractivity contribution in [1.82, 2.24) is 4.90 Å². The predicted molar refractivity (Wildman–Crippen MR) is 134 cm³/mol. The van der Waals surface area contributed by atoms with E-state index in [2.05, 4.69) is 17.9 Å². The molecule has 1 aliphatic heterocycles. The van der Waals surface area contributed by atoms with Crippen LogP contribution in [0.15, 0.2) is 60.2 Å². The standard InChI is InChI=1S/C29H37F2NO3/c1-3-34-28(33)21-27(32-17-5-4-6-18-32)20-22(2)8-7-19-35-29(23-9-13-25(30)14-10-23)24-11-15-26(31)16-12-24/h9-16,20,27,29H,3-8,17-19,21H2,1-2H3. The predicted octanol–water partition coefficient (Wildman–Crippen LogP) is 6.61. The Hall–Kier alpha value is -2.57. The molecule has 0 aliphatic carbocycles. The number of rotatable bonds is 12. The molecule has 0 radical (unpaired) electrons. The summed E-state index contributed by atoms with van der Waals surface area (Å²) in [7, 11) is 0. The summed E-state index contributed by atoms with van der Waals surface area (Å²) in [6.45, 7) is 6.84. The lowest BCUT2D eigenvalue weighted by atomic mass is 10.0. The average molecular weight is 486 g/mol. The van der Waals surface area contributed by atoms with Crippen molar-refractivity contribution in [1.29, 1.82) is 0 Å². The fraction of sp³-hybridized carbons (Fsp3) is 0.483. The minimum Gasteiger partial charge on any atom is -0.466 e. The van der Waals surface area contributed by atoms with Gasteiger partial charge < -0.3 is 9.47 Å². The number of hydrogen-bond donors (Lipinski definition) is 0. The van der Waals surface area contributed by atoms with Gasteiger partial charge in [0.2, 0.25) is 0 Å². The van der Waals surface area contributed by atoms with Crippen LogP contribution in [-0.4, -0.2) is 43.2 Å². The summed E-state index contributed by atoms with van der Waals surface area (Å²) < 4.78 is 38.3. The lowest BCUT2D eigenvalue weighted by Gasteiger charge is -2.33. The first-order chi connectivity index (χ1) is 17.0. The number of likely N-dealkylation sites (tertiary alicyclic amines) is 1. The number of nitrogens with zero attached hydrogens (tertiary/aromatic N) is 1. The quantitative estimate of drug-likeness (QED) is 0.193. The molecule has 35 heavy (non-hydrogen) atoms. The van der Waals surface area contributed by atoms with Gasteiger partial charge in [-0.15, -0.1) is 0 Å². The summed E-state index contributed by atoms with van der Waals surface area (Å²) >= 11 is 0. The van der Waals surface area contributed by atoms with Crippen molar-refractivity contribution in [2.45, 2.75) is 64.5 Å². The van der Waals surface area contributed by atoms with Gasteiger partial charge in [0.1, 0.15) is 17.7 Å². The number of piperidine rings is 1. The number of hydrogen-bond acceptors (Lipinski definition) is 4. The third-order valence-electron chi connectivity index (χ3n) is 6.36. The number of carbonyl (C=O) groups is 1. The minimum absolute atomic E-state index is 0.0569. The Labute approximate surface area is 207 Å². The Morgan fingerprint density at radius 2 is 1.54 bits per heavy atom. The molecule has 1 unspecified atom stereocenters. The second-order valence-corrected chi connectivity index (χ2v) is 9.14. The molecule has 190 valence electrons. The second-order valence-electron chi connectivity index (χ2n) is 9.14. The second kappa shape index (κ2) is 14.1. The van der Waals surface area contributed by atoms with Gasteiger partial charge in [-0.3, -0.25) is 9.69 Å². The first-order valence-corrected chi connectivity index (χ1v) is 12.7. The van der Waals surface area contributed by atoms with Crippen LogP contribution in [0.1, 0.15) is 69.6 Å². The number of benzene rings is 2. The first-order valence-electron chi connectivity index (χ1n) is 12.7. The van der Waals surface area contributed by atoms with E-state index in [1.807, 2.05) is 6.92 Å². The number of allylic oxidation sites excluding steroid dienone is 1. The molecule has 1 atom stereocenters. The zero-order valence-electron chi connectivity index (χ0n) is 20.8. The van der Waals surface area contributed by atoms with E-state index < -0.39 is 6.10 Å². The van der Waals surface area contributed by atoms with Gasteiger partial charge in [0, 0.05) is 12.6 Å². The SMILES string of the molecule is CCOC(=O)CC(C=C(C)CCCOC(c1ccc(F)cc1)c1ccc(F)cc1)N1CCCCC1. The van der Waals surface area contributed by atoms with Crippen LogP contribution in [0.3, 0.4) is 0 Å². The van der Waals surface area contributed by atoms with E-state index in [1.165, 1.54) is 36.3 Å². The van der Waals surface area contributed by atoms with Gasteiger partial charge in [-0.2, -0.15) is 0 Å². The highest BCUT2D eigenvalue weighted by Gasteiger charge is 2.22. The zero-order chi connectivity index (χ0) is 25.0. The lowest BCUT2D eigenvalue weighted by Crippen LogP contribution is -2.39. The van der Waals surface area contributed by atoms with Crippen molar-refractivity contribution in [3.8, 4) is 0 Å². The van der Waals surface area contributed by atoms with Crippen molar-refractivity contribution in [2.75, 3.05) is 26.3 Å². The van der Waals surface area contributed by atoms with E-state index in [4.69, 9.17) is 9.47 Å². The molecule has 0 aromatic heterocycles. The summed E-state index contributed by atoms with van der Waals surface area (Å²) in [5, 5.41) is 0. The van der Waals surface area contributed by atoms with Crippen molar-refractivity contribution < 1.29 is 23.0 Å². The fourth-order valence-electron chi connectivity index (χ4n) is 4.56. The van der Waals surface area contributed by atoms with Crippen molar-refractivity contribution in [3.63, 3.8) is 0 Å². The number of ether oxygens (including phenoxy) is 2. The summed E-state index contributed by atoms with van der Waals surface area (Å²) in [6, 6.07) is 12.5. The number of carbonyl (C=O) groups excluding carboxylic acids is 1. The molecule has 0 N–H and O–H groups in total. The van der Waals surface area contributed by atoms with E-state index in [1.54, 1.807) is 24.3 Å². The van der Waals surface area contributed by atoms with Gasteiger partial charge in [0.15, 0.2) is 0 Å². The van der Waals surface area contributed by atoms with Crippen LogP contribution in [0.25, 0.3) is 0 Å². The highest BCUT2D eigenvalue weighted by Crippen LogP contribution is 2.27. The fourth-order valence-corrected chi connectivity index (χ4v) is 4.56. The average Bonchev–Trinajstić information content (AvgIpc) is 2.86. The molecular formula is C29H37F2NO3. The van der Waals surface area contributed by atoms with Gasteiger partial charge in [-0.05, 0) is 88.0 Å². The van der Waals surface area contributed by atoms with E-state index in [-0.39, 0.29) is 23.6 Å². The molecule has 1 aliphatic rings. The topological polar surface area (TPSA) is 38.8 Å². The summed E-state index contributed by atoms with van der Waals surface area (Å²) in [5.41, 5.74) is 2.86. The van der Waals surface area contributed by atoms with Gasteiger partial charge in [-0.1, -0.05) is 42.3 Å². The number of esters is 1. The Morgan fingerprint density at radius 1 is 0.971 bits per heavy atom. The van der Waals surface area contributed by atoms with Crippen molar-refractivity contribution >= 4 is 5.97 Å². The van der Waals surface area contributed by atoms with E-state index >= 15 is 0 Å². The summed E-state index contributed by atoms with van der Waals surface area (Å²) in [4.78, 5) is 14.6. The summed E-state index contributed by atoms with van der Waals surface area (Å²) in [5.74, 6) is -0.770. The molecule has 1 fully saturated rings. The maximum absolute atomic E-state index is 13.4. The molecule has 1 saturated heterocycles. The van der Waals surface area contributed by atoms with Crippen LogP contribution in [0.4, 0.5) is 8.78 Å². The zero-order valence-corrected chi connectivity index (χ0v) is 20.8. The Balaban J connectivity index is 1.60. The van der Waals surface area contributed by atoms with Gasteiger partial charge in [-0.25, -0.2) is 8.78 Å². The molecule has 0 amide bonds. The molecule has 1 heterocycles. The van der Waals surface area contributed by atoms with E-state index in [0.29, 0.717) is 19.6 Å². The van der Waals surface area contributed by atoms with Crippen LogP contribution in [0.5, 0.6) is 0 Å². The molecule has 2 aromatic carbocycles. The van der Waals surface area contributed by atoms with E-state index in [9.17, 15) is 13.6 Å². The first kappa shape index (κ1) is 27.0. The van der Waals surface area contributed by atoms with E-state index in [0.717, 1.165) is 49.9 Å². The molecule has 6 heteroatoms. The summed E-state index contributed by atoms with van der Waals surface area (Å²) in [6.07, 6.45) is 7.39. The van der Waals surface area contributed by atoms with Crippen LogP contribution in [-0.2, 0) is 14.3 Å². The normalized spacial score (nSPS) is 15.9. The van der Waals surface area contributed by atoms with Crippen molar-refractivity contribution in [2.24, 2.45) is 0 Å². The maximum atomic E-state index is 13.4. The van der Waals surface area contributed by atoms with Crippen LogP contribution in [0.2, 0.25) is 0 Å². The highest BCUT2D eigenvalue weighted by molar-refractivity contribution is 5.70. The maximum Gasteiger partial charge on any atom is 0.307 e. The molecule has 2 aromatic rings. The van der Waals surface area contributed by atoms with Crippen LogP contribution in [0, 0.1) is 11.6 Å². The molecule has 3 rings (SSSR count). The largest absolute Gasteiger partial charge is 0.466 e. The third kappa shape index (κ3) is 8.86. The minimum atomic E-state index is -0.398. The van der Waals surface area contributed by atoms with Crippen LogP contribution >= 0.6 is 0 Å². The van der Waals surface area contributed by atoms with Gasteiger partial charge >= 0.3 is 5.97 Å². The molecule has 0 spiro atoms. The Bertz CT molecular complexity index is 892. The Kier molecular flexibility index (Phi) is 10.9. The smallest absolute Gasteiger partial charge is 0.307 e. The molecule has 4 nitrogen and oxygen atoms in total. The monoisotopic (exact) mass is 485 g/mol. The highest BCUT2D eigenvalue weighted by atomic mass is 19.1. The third-order valence-corrected chi connectivity index (χ3v) is 6.36. The van der Waals surface area contributed by atoms with Gasteiger partial charge in [0.25, 0.3) is 0 Å². The Morgan fingerprint density at radius 3 is 2.09 bits per heavy atom.